The largest absolute Gasteiger partial charge is 0.444 e. The minimum absolute atomic E-state index is 0. The predicted octanol–water partition coefficient (Wildman–Crippen LogP) is 4.46. The molecule has 1 aromatic carbocycles. The molecular weight excluding hydrogens is 507 g/mol. The van der Waals surface area contributed by atoms with E-state index in [1.165, 1.54) is 24.8 Å². The minimum atomic E-state index is 0. The first kappa shape index (κ1) is 21.2. The molecule has 1 aliphatic carbocycles. The van der Waals surface area contributed by atoms with Gasteiger partial charge in [-0.05, 0) is 44.4 Å². The molecule has 7 heteroatoms. The zero-order valence-electron chi connectivity index (χ0n) is 15.4. The van der Waals surface area contributed by atoms with Crippen molar-refractivity contribution < 1.29 is 4.42 Å². The zero-order valence-corrected chi connectivity index (χ0v) is 19.4. The molecule has 0 amide bonds. The van der Waals surface area contributed by atoms with Crippen LogP contribution < -0.4 is 10.6 Å². The molecule has 0 spiro atoms. The maximum absolute atomic E-state index is 5.61. The van der Waals surface area contributed by atoms with E-state index in [9.17, 15) is 0 Å². The SMILES string of the molecule is CN=C(NCc1nc(C)c(C)o1)NCC1(c2ccc(Br)cc2)CCC1.I. The van der Waals surface area contributed by atoms with Crippen LogP contribution in [0.1, 0.15) is 42.2 Å². The lowest BCUT2D eigenvalue weighted by molar-refractivity contribution is 0.243. The molecule has 2 N–H and O–H groups in total. The summed E-state index contributed by atoms with van der Waals surface area (Å²) in [5, 5.41) is 6.76. The standard InChI is InChI=1S/C19H25BrN4O.HI/c1-13-14(2)25-17(24-13)11-22-18(21-3)23-12-19(9-4-10-19)15-5-7-16(20)8-6-15;/h5-8H,4,9-12H2,1-3H3,(H2,21,22,23);1H. The van der Waals surface area contributed by atoms with Crippen LogP contribution in [0, 0.1) is 13.8 Å². The van der Waals surface area contributed by atoms with Crippen LogP contribution in [0.5, 0.6) is 0 Å². The number of aliphatic imine (C=N–C) groups is 1. The summed E-state index contributed by atoms with van der Waals surface area (Å²) in [6.45, 7) is 5.28. The summed E-state index contributed by atoms with van der Waals surface area (Å²) in [7, 11) is 1.79. The van der Waals surface area contributed by atoms with E-state index in [1.807, 2.05) is 13.8 Å². The Kier molecular flexibility index (Phi) is 7.52. The van der Waals surface area contributed by atoms with Gasteiger partial charge < -0.3 is 15.1 Å². The molecule has 142 valence electrons. The Morgan fingerprint density at radius 3 is 2.42 bits per heavy atom. The number of guanidine groups is 1. The molecule has 0 saturated heterocycles. The number of benzene rings is 1. The van der Waals surface area contributed by atoms with Gasteiger partial charge in [-0.3, -0.25) is 4.99 Å². The van der Waals surface area contributed by atoms with Gasteiger partial charge in [-0.15, -0.1) is 24.0 Å². The number of nitrogens with zero attached hydrogens (tertiary/aromatic N) is 2. The molecule has 0 aliphatic heterocycles. The second kappa shape index (κ2) is 9.21. The topological polar surface area (TPSA) is 62.5 Å². The number of nitrogens with one attached hydrogen (secondary N) is 2. The van der Waals surface area contributed by atoms with Gasteiger partial charge in [0.1, 0.15) is 5.76 Å². The van der Waals surface area contributed by atoms with Crippen molar-refractivity contribution in [1.82, 2.24) is 15.6 Å². The van der Waals surface area contributed by atoms with Crippen molar-refractivity contribution in [1.29, 1.82) is 0 Å². The van der Waals surface area contributed by atoms with E-state index in [0.29, 0.717) is 12.4 Å². The van der Waals surface area contributed by atoms with Gasteiger partial charge in [0, 0.05) is 23.5 Å². The number of aryl methyl sites for hydroxylation is 2. The van der Waals surface area contributed by atoms with Gasteiger partial charge >= 0.3 is 0 Å². The Balaban J connectivity index is 0.00000243. The quantitative estimate of drug-likeness (QED) is 0.339. The Labute approximate surface area is 180 Å². The number of halogens is 2. The average molecular weight is 533 g/mol. The van der Waals surface area contributed by atoms with E-state index in [2.05, 4.69) is 60.8 Å². The third kappa shape index (κ3) is 4.79. The van der Waals surface area contributed by atoms with Crippen LogP contribution in [-0.2, 0) is 12.0 Å². The Morgan fingerprint density at radius 1 is 1.23 bits per heavy atom. The van der Waals surface area contributed by atoms with Gasteiger partial charge in [0.2, 0.25) is 5.89 Å². The summed E-state index contributed by atoms with van der Waals surface area (Å²) in [5.74, 6) is 2.32. The Bertz CT molecular complexity index is 734. The molecule has 1 fully saturated rings. The molecule has 0 unspecified atom stereocenters. The van der Waals surface area contributed by atoms with Crippen molar-refractivity contribution in [2.75, 3.05) is 13.6 Å². The third-order valence-electron chi connectivity index (χ3n) is 5.06. The number of hydrogen-bond acceptors (Lipinski definition) is 3. The first-order chi connectivity index (χ1) is 12.0. The van der Waals surface area contributed by atoms with Gasteiger partial charge in [0.15, 0.2) is 5.96 Å². The van der Waals surface area contributed by atoms with Crippen LogP contribution in [0.15, 0.2) is 38.1 Å². The summed E-state index contributed by atoms with van der Waals surface area (Å²) in [5.41, 5.74) is 2.53. The molecule has 2 aromatic rings. The molecule has 0 bridgehead atoms. The summed E-state index contributed by atoms with van der Waals surface area (Å²) in [4.78, 5) is 8.71. The number of hydrogen-bond donors (Lipinski definition) is 2. The third-order valence-corrected chi connectivity index (χ3v) is 5.59. The molecule has 0 radical (unpaired) electrons. The van der Waals surface area contributed by atoms with Gasteiger partial charge in [0.05, 0.1) is 12.2 Å². The van der Waals surface area contributed by atoms with Gasteiger partial charge in [-0.1, -0.05) is 34.5 Å². The highest BCUT2D eigenvalue weighted by Crippen LogP contribution is 2.43. The number of oxazole rings is 1. The van der Waals surface area contributed by atoms with Crippen molar-refractivity contribution in [3.63, 3.8) is 0 Å². The molecule has 3 rings (SSSR count). The summed E-state index contributed by atoms with van der Waals surface area (Å²) in [6, 6.07) is 8.68. The first-order valence-electron chi connectivity index (χ1n) is 8.66. The average Bonchev–Trinajstić information content (AvgIpc) is 2.89. The maximum atomic E-state index is 5.61. The van der Waals surface area contributed by atoms with Gasteiger partial charge in [-0.2, -0.15) is 0 Å². The van der Waals surface area contributed by atoms with Gasteiger partial charge in [0.25, 0.3) is 0 Å². The van der Waals surface area contributed by atoms with Crippen molar-refractivity contribution in [2.24, 2.45) is 4.99 Å². The van der Waals surface area contributed by atoms with E-state index in [0.717, 1.165) is 28.4 Å². The fourth-order valence-electron chi connectivity index (χ4n) is 3.22. The van der Waals surface area contributed by atoms with Crippen LogP contribution in [0.3, 0.4) is 0 Å². The second-order valence-corrected chi connectivity index (χ2v) is 7.58. The Hall–Kier alpha value is -1.09. The number of aromatic nitrogens is 1. The highest BCUT2D eigenvalue weighted by molar-refractivity contribution is 14.0. The monoisotopic (exact) mass is 532 g/mol. The van der Waals surface area contributed by atoms with Crippen molar-refractivity contribution in [3.8, 4) is 0 Å². The molecule has 1 saturated carbocycles. The molecule has 5 nitrogen and oxygen atoms in total. The molecular formula is C19H26BrIN4O. The van der Waals surface area contributed by atoms with E-state index in [-0.39, 0.29) is 29.4 Å². The van der Waals surface area contributed by atoms with E-state index in [1.54, 1.807) is 7.05 Å². The maximum Gasteiger partial charge on any atom is 0.214 e. The van der Waals surface area contributed by atoms with Crippen LogP contribution in [-0.4, -0.2) is 24.5 Å². The highest BCUT2D eigenvalue weighted by atomic mass is 127. The first-order valence-corrected chi connectivity index (χ1v) is 9.45. The Morgan fingerprint density at radius 2 is 1.92 bits per heavy atom. The summed E-state index contributed by atoms with van der Waals surface area (Å²) >= 11 is 3.52. The van der Waals surface area contributed by atoms with E-state index in [4.69, 9.17) is 4.42 Å². The molecule has 1 aliphatic rings. The molecule has 1 heterocycles. The predicted molar refractivity (Wildman–Crippen MR) is 119 cm³/mol. The smallest absolute Gasteiger partial charge is 0.214 e. The molecule has 0 atom stereocenters. The van der Waals surface area contributed by atoms with Crippen molar-refractivity contribution >= 4 is 45.9 Å². The van der Waals surface area contributed by atoms with Gasteiger partial charge in [-0.25, -0.2) is 4.98 Å². The lowest BCUT2D eigenvalue weighted by Gasteiger charge is -2.43. The van der Waals surface area contributed by atoms with E-state index >= 15 is 0 Å². The normalized spacial score (nSPS) is 15.8. The van der Waals surface area contributed by atoms with Crippen molar-refractivity contribution in [3.05, 3.63) is 51.6 Å². The van der Waals surface area contributed by atoms with Crippen LogP contribution >= 0.6 is 39.9 Å². The van der Waals surface area contributed by atoms with Crippen LogP contribution in [0.2, 0.25) is 0 Å². The lowest BCUT2D eigenvalue weighted by Crippen LogP contribution is -2.48. The second-order valence-electron chi connectivity index (χ2n) is 6.67. The van der Waals surface area contributed by atoms with Crippen LogP contribution in [0.4, 0.5) is 0 Å². The molecule has 1 aromatic heterocycles. The lowest BCUT2D eigenvalue weighted by atomic mass is 9.64. The van der Waals surface area contributed by atoms with Crippen LogP contribution in [0.25, 0.3) is 0 Å². The van der Waals surface area contributed by atoms with Crippen molar-refractivity contribution in [2.45, 2.75) is 45.1 Å². The summed E-state index contributed by atoms with van der Waals surface area (Å²) < 4.78 is 6.72. The highest BCUT2D eigenvalue weighted by Gasteiger charge is 2.38. The zero-order chi connectivity index (χ0) is 17.9. The molecule has 26 heavy (non-hydrogen) atoms. The fourth-order valence-corrected chi connectivity index (χ4v) is 3.49. The number of rotatable bonds is 5. The summed E-state index contributed by atoms with van der Waals surface area (Å²) in [6.07, 6.45) is 3.69. The fraction of sp³-hybridized carbons (Fsp3) is 0.474. The van der Waals surface area contributed by atoms with E-state index < -0.39 is 0 Å². The minimum Gasteiger partial charge on any atom is -0.444 e.